The van der Waals surface area contributed by atoms with Gasteiger partial charge in [-0.15, -0.1) is 0 Å². The number of halogens is 1. The first kappa shape index (κ1) is 19.1. The van der Waals surface area contributed by atoms with Crippen molar-refractivity contribution in [2.24, 2.45) is 0 Å². The number of nitrogens with one attached hydrogen (secondary N) is 1. The molecule has 2 aromatic heterocycles. The summed E-state index contributed by atoms with van der Waals surface area (Å²) in [6.07, 6.45) is 0. The van der Waals surface area contributed by atoms with E-state index in [1.165, 1.54) is 0 Å². The molecular formula is C26H17ClN2O2. The van der Waals surface area contributed by atoms with Crippen molar-refractivity contribution < 1.29 is 9.21 Å². The second-order valence-corrected chi connectivity index (χ2v) is 7.44. The van der Waals surface area contributed by atoms with Gasteiger partial charge in [-0.05, 0) is 48.5 Å². The Morgan fingerprint density at radius 3 is 2.35 bits per heavy atom. The van der Waals surface area contributed by atoms with Crippen LogP contribution in [0.3, 0.4) is 0 Å². The number of nitrogens with zero attached hydrogens (tertiary/aromatic N) is 1. The first-order valence-corrected chi connectivity index (χ1v) is 10.2. The lowest BCUT2D eigenvalue weighted by Crippen LogP contribution is -2.13. The van der Waals surface area contributed by atoms with E-state index in [2.05, 4.69) is 5.32 Å². The van der Waals surface area contributed by atoms with E-state index in [0.717, 1.165) is 16.6 Å². The number of hydrogen-bond donors (Lipinski definition) is 1. The van der Waals surface area contributed by atoms with Crippen LogP contribution in [0.4, 0.5) is 5.69 Å². The largest absolute Gasteiger partial charge is 0.454 e. The summed E-state index contributed by atoms with van der Waals surface area (Å²) in [6, 6.07) is 29.9. The molecule has 0 saturated heterocycles. The van der Waals surface area contributed by atoms with Crippen molar-refractivity contribution in [3.8, 4) is 22.8 Å². The number of carbonyl (C=O) groups is 1. The van der Waals surface area contributed by atoms with Crippen molar-refractivity contribution in [3.63, 3.8) is 0 Å². The van der Waals surface area contributed by atoms with E-state index in [4.69, 9.17) is 21.0 Å². The van der Waals surface area contributed by atoms with E-state index in [0.29, 0.717) is 33.3 Å². The molecule has 31 heavy (non-hydrogen) atoms. The van der Waals surface area contributed by atoms with Crippen molar-refractivity contribution in [2.45, 2.75) is 0 Å². The summed E-state index contributed by atoms with van der Waals surface area (Å²) in [6.45, 7) is 0. The van der Waals surface area contributed by atoms with Crippen molar-refractivity contribution in [1.29, 1.82) is 0 Å². The van der Waals surface area contributed by atoms with Gasteiger partial charge in [0.25, 0.3) is 5.91 Å². The van der Waals surface area contributed by atoms with Gasteiger partial charge in [-0.25, -0.2) is 4.98 Å². The number of pyridine rings is 1. The standard InChI is InChI=1S/C26H17ClN2O2/c27-21-12-6-4-11-19(21)24-14-15-25(31-24)23-16-20(18-10-5-7-13-22(18)29-23)26(30)28-17-8-2-1-3-9-17/h1-16H,(H,28,30). The number of fused-ring (bicyclic) bond motifs is 1. The maximum atomic E-state index is 13.1. The number of anilines is 1. The lowest BCUT2D eigenvalue weighted by molar-refractivity contribution is 0.102. The van der Waals surface area contributed by atoms with Crippen molar-refractivity contribution >= 4 is 34.1 Å². The molecule has 0 unspecified atom stereocenters. The third kappa shape index (κ3) is 3.81. The Balaban J connectivity index is 1.58. The molecule has 5 rings (SSSR count). The third-order valence-corrected chi connectivity index (χ3v) is 5.32. The Kier molecular flexibility index (Phi) is 4.98. The van der Waals surface area contributed by atoms with Crippen LogP contribution in [0.25, 0.3) is 33.7 Å². The van der Waals surface area contributed by atoms with Gasteiger partial charge in [0.15, 0.2) is 5.76 Å². The van der Waals surface area contributed by atoms with E-state index in [9.17, 15) is 4.79 Å². The Hall–Kier alpha value is -3.89. The summed E-state index contributed by atoms with van der Waals surface area (Å²) in [5.74, 6) is 1.00. The van der Waals surface area contributed by atoms with Gasteiger partial charge >= 0.3 is 0 Å². The Morgan fingerprint density at radius 2 is 1.52 bits per heavy atom. The lowest BCUT2D eigenvalue weighted by atomic mass is 10.1. The maximum Gasteiger partial charge on any atom is 0.256 e. The zero-order valence-electron chi connectivity index (χ0n) is 16.4. The van der Waals surface area contributed by atoms with Gasteiger partial charge in [0.2, 0.25) is 0 Å². The van der Waals surface area contributed by atoms with E-state index in [-0.39, 0.29) is 5.91 Å². The topological polar surface area (TPSA) is 55.1 Å². The first-order chi connectivity index (χ1) is 15.2. The van der Waals surface area contributed by atoms with E-state index >= 15 is 0 Å². The molecule has 1 amide bonds. The Morgan fingerprint density at radius 1 is 0.806 bits per heavy atom. The average Bonchev–Trinajstić information content (AvgIpc) is 3.29. The molecule has 5 heteroatoms. The summed E-state index contributed by atoms with van der Waals surface area (Å²) in [5, 5.41) is 4.34. The maximum absolute atomic E-state index is 13.1. The van der Waals surface area contributed by atoms with Gasteiger partial charge in [0.1, 0.15) is 11.5 Å². The molecule has 0 bridgehead atoms. The molecule has 0 atom stereocenters. The first-order valence-electron chi connectivity index (χ1n) is 9.80. The molecule has 0 saturated carbocycles. The van der Waals surface area contributed by atoms with Gasteiger partial charge in [0.05, 0.1) is 16.1 Å². The predicted octanol–water partition coefficient (Wildman–Crippen LogP) is 7.07. The van der Waals surface area contributed by atoms with Crippen LogP contribution in [0.15, 0.2) is 101 Å². The minimum absolute atomic E-state index is 0.205. The molecule has 0 aliphatic carbocycles. The SMILES string of the molecule is O=C(Nc1ccccc1)c1cc(-c2ccc(-c3ccccc3Cl)o2)nc2ccccc12. The fourth-order valence-corrected chi connectivity index (χ4v) is 3.72. The highest BCUT2D eigenvalue weighted by Crippen LogP contribution is 2.33. The molecule has 1 N–H and O–H groups in total. The molecule has 5 aromatic rings. The van der Waals surface area contributed by atoms with Crippen LogP contribution in [0.1, 0.15) is 10.4 Å². The Bertz CT molecular complexity index is 1390. The molecule has 0 spiro atoms. The third-order valence-electron chi connectivity index (χ3n) is 4.99. The summed E-state index contributed by atoms with van der Waals surface area (Å²) >= 11 is 6.31. The molecule has 150 valence electrons. The molecule has 2 heterocycles. The fourth-order valence-electron chi connectivity index (χ4n) is 3.49. The van der Waals surface area contributed by atoms with Crippen molar-refractivity contribution in [2.75, 3.05) is 5.32 Å². The van der Waals surface area contributed by atoms with E-state index in [1.807, 2.05) is 91.0 Å². The van der Waals surface area contributed by atoms with Gasteiger partial charge in [0, 0.05) is 16.6 Å². The number of para-hydroxylation sites is 2. The smallest absolute Gasteiger partial charge is 0.256 e. The number of amides is 1. The number of rotatable bonds is 4. The number of hydrogen-bond acceptors (Lipinski definition) is 3. The predicted molar refractivity (Wildman–Crippen MR) is 124 cm³/mol. The van der Waals surface area contributed by atoms with Gasteiger partial charge in [-0.1, -0.05) is 60.1 Å². The van der Waals surface area contributed by atoms with E-state index < -0.39 is 0 Å². The fraction of sp³-hybridized carbons (Fsp3) is 0. The minimum atomic E-state index is -0.205. The summed E-state index contributed by atoms with van der Waals surface area (Å²) < 4.78 is 6.06. The van der Waals surface area contributed by atoms with E-state index in [1.54, 1.807) is 6.07 Å². The second-order valence-electron chi connectivity index (χ2n) is 7.04. The number of benzene rings is 3. The van der Waals surface area contributed by atoms with Gasteiger partial charge < -0.3 is 9.73 Å². The monoisotopic (exact) mass is 424 g/mol. The molecule has 0 radical (unpaired) electrons. The van der Waals surface area contributed by atoms with Crippen LogP contribution < -0.4 is 5.32 Å². The minimum Gasteiger partial charge on any atom is -0.454 e. The zero-order valence-corrected chi connectivity index (χ0v) is 17.1. The number of carbonyl (C=O) groups excluding carboxylic acids is 1. The van der Waals surface area contributed by atoms with Crippen LogP contribution in [-0.4, -0.2) is 10.9 Å². The van der Waals surface area contributed by atoms with Crippen molar-refractivity contribution in [3.05, 3.63) is 108 Å². The lowest BCUT2D eigenvalue weighted by Gasteiger charge is -2.10. The quantitative estimate of drug-likeness (QED) is 0.335. The highest BCUT2D eigenvalue weighted by molar-refractivity contribution is 6.33. The summed E-state index contributed by atoms with van der Waals surface area (Å²) in [5.41, 5.74) is 3.36. The summed E-state index contributed by atoms with van der Waals surface area (Å²) in [7, 11) is 0. The van der Waals surface area contributed by atoms with Crippen molar-refractivity contribution in [1.82, 2.24) is 4.98 Å². The molecule has 3 aromatic carbocycles. The highest BCUT2D eigenvalue weighted by atomic mass is 35.5. The molecular weight excluding hydrogens is 408 g/mol. The van der Waals surface area contributed by atoms with Crippen LogP contribution in [-0.2, 0) is 0 Å². The average molecular weight is 425 g/mol. The second kappa shape index (κ2) is 8.09. The molecule has 0 aliphatic rings. The number of aromatic nitrogens is 1. The molecule has 0 aliphatic heterocycles. The van der Waals surface area contributed by atoms with Crippen LogP contribution in [0, 0.1) is 0 Å². The van der Waals surface area contributed by atoms with Gasteiger partial charge in [-0.2, -0.15) is 0 Å². The Labute approximate surface area is 184 Å². The van der Waals surface area contributed by atoms with Gasteiger partial charge in [-0.3, -0.25) is 4.79 Å². The van der Waals surface area contributed by atoms with Crippen LogP contribution in [0.5, 0.6) is 0 Å². The highest BCUT2D eigenvalue weighted by Gasteiger charge is 2.17. The normalized spacial score (nSPS) is 10.9. The number of furan rings is 1. The van der Waals surface area contributed by atoms with Crippen LogP contribution >= 0.6 is 11.6 Å². The van der Waals surface area contributed by atoms with Crippen LogP contribution in [0.2, 0.25) is 5.02 Å². The summed E-state index contributed by atoms with van der Waals surface area (Å²) in [4.78, 5) is 17.8. The zero-order chi connectivity index (χ0) is 21.2. The molecule has 0 fully saturated rings. The molecule has 4 nitrogen and oxygen atoms in total.